The number of carboxylic acids is 1. The summed E-state index contributed by atoms with van der Waals surface area (Å²) in [5.41, 5.74) is 0.128. The average molecular weight is 291 g/mol. The lowest BCUT2D eigenvalue weighted by molar-refractivity contribution is 0.0697. The van der Waals surface area contributed by atoms with Crippen LogP contribution in [0, 0.1) is 11.3 Å². The molecular formula is C14H17N3O4. The van der Waals surface area contributed by atoms with Gasteiger partial charge in [0.25, 0.3) is 0 Å². The number of hydrogen-bond acceptors (Lipinski definition) is 4. The molecule has 7 heteroatoms. The first-order valence-corrected chi connectivity index (χ1v) is 6.37. The normalized spacial score (nSPS) is 9.57. The molecule has 1 rings (SSSR count). The van der Waals surface area contributed by atoms with Crippen LogP contribution in [0.15, 0.2) is 18.2 Å². The summed E-state index contributed by atoms with van der Waals surface area (Å²) in [7, 11) is 1.43. The Hall–Kier alpha value is -2.75. The Balaban J connectivity index is 2.93. The largest absolute Gasteiger partial charge is 0.497 e. The molecule has 0 bridgehead atoms. The van der Waals surface area contributed by atoms with E-state index in [0.29, 0.717) is 12.3 Å². The molecule has 0 aliphatic carbocycles. The first-order chi connectivity index (χ1) is 10.0. The van der Waals surface area contributed by atoms with Crippen LogP contribution in [-0.4, -0.2) is 42.2 Å². The van der Waals surface area contributed by atoms with E-state index >= 15 is 0 Å². The number of aromatic carboxylic acids is 1. The lowest BCUT2D eigenvalue weighted by Crippen LogP contribution is -2.35. The molecule has 0 spiro atoms. The molecule has 0 radical (unpaired) electrons. The van der Waals surface area contributed by atoms with Crippen LogP contribution in [0.4, 0.5) is 10.5 Å². The standard InChI is InChI=1S/C14H17N3O4/c1-3-17(8-4-7-15)14(20)16-12-6-5-10(21-2)9-11(12)13(18)19/h5-6,9H,3-4,8H2,1-2H3,(H,16,20)(H,18,19). The molecule has 0 saturated carbocycles. The van der Waals surface area contributed by atoms with Gasteiger partial charge in [0, 0.05) is 13.1 Å². The number of hydrogen-bond donors (Lipinski definition) is 2. The quantitative estimate of drug-likeness (QED) is 0.836. The maximum atomic E-state index is 12.1. The van der Waals surface area contributed by atoms with Gasteiger partial charge in [-0.1, -0.05) is 0 Å². The average Bonchev–Trinajstić information content (AvgIpc) is 2.48. The van der Waals surface area contributed by atoms with E-state index in [0.717, 1.165) is 0 Å². The summed E-state index contributed by atoms with van der Waals surface area (Å²) < 4.78 is 4.96. The fourth-order valence-electron chi connectivity index (χ4n) is 1.72. The molecule has 0 aliphatic rings. The maximum Gasteiger partial charge on any atom is 0.337 e. The van der Waals surface area contributed by atoms with Gasteiger partial charge in [-0.2, -0.15) is 5.26 Å². The van der Waals surface area contributed by atoms with Gasteiger partial charge in [-0.15, -0.1) is 0 Å². The Morgan fingerprint density at radius 2 is 2.19 bits per heavy atom. The number of carboxylic acid groups (broad SMARTS) is 1. The summed E-state index contributed by atoms with van der Waals surface area (Å²) in [6.45, 7) is 2.49. The number of anilines is 1. The molecule has 2 amide bonds. The molecular weight excluding hydrogens is 274 g/mol. The first kappa shape index (κ1) is 16.3. The van der Waals surface area contributed by atoms with Gasteiger partial charge >= 0.3 is 12.0 Å². The molecule has 0 aliphatic heterocycles. The van der Waals surface area contributed by atoms with Crippen LogP contribution >= 0.6 is 0 Å². The molecule has 0 atom stereocenters. The van der Waals surface area contributed by atoms with Crippen molar-refractivity contribution in [2.75, 3.05) is 25.5 Å². The van der Waals surface area contributed by atoms with Crippen LogP contribution in [0.1, 0.15) is 23.7 Å². The molecule has 0 aromatic heterocycles. The number of rotatable bonds is 6. The maximum absolute atomic E-state index is 12.1. The van der Waals surface area contributed by atoms with E-state index in [1.165, 1.54) is 24.1 Å². The second-order valence-electron chi connectivity index (χ2n) is 4.13. The van der Waals surface area contributed by atoms with Crippen LogP contribution in [0.25, 0.3) is 0 Å². The van der Waals surface area contributed by atoms with E-state index in [9.17, 15) is 14.7 Å². The van der Waals surface area contributed by atoms with E-state index in [2.05, 4.69) is 5.32 Å². The van der Waals surface area contributed by atoms with Gasteiger partial charge in [-0.25, -0.2) is 9.59 Å². The van der Waals surface area contributed by atoms with Crippen LogP contribution in [-0.2, 0) is 0 Å². The SMILES string of the molecule is CCN(CCC#N)C(=O)Nc1ccc(OC)cc1C(=O)O. The number of methoxy groups -OCH3 is 1. The number of carbonyl (C=O) groups excluding carboxylic acids is 1. The van der Waals surface area contributed by atoms with Gasteiger partial charge in [0.2, 0.25) is 0 Å². The summed E-state index contributed by atoms with van der Waals surface area (Å²) in [5.74, 6) is -0.772. The number of benzene rings is 1. The molecule has 1 aromatic rings. The molecule has 0 fully saturated rings. The van der Waals surface area contributed by atoms with Crippen molar-refractivity contribution in [2.24, 2.45) is 0 Å². The fraction of sp³-hybridized carbons (Fsp3) is 0.357. The number of nitrogens with one attached hydrogen (secondary N) is 1. The van der Waals surface area contributed by atoms with Crippen molar-refractivity contribution in [3.05, 3.63) is 23.8 Å². The zero-order valence-corrected chi connectivity index (χ0v) is 11.9. The van der Waals surface area contributed by atoms with Gasteiger partial charge in [0.05, 0.1) is 30.9 Å². The molecule has 21 heavy (non-hydrogen) atoms. The second-order valence-corrected chi connectivity index (χ2v) is 4.13. The zero-order valence-electron chi connectivity index (χ0n) is 11.9. The Labute approximate surface area is 122 Å². The summed E-state index contributed by atoms with van der Waals surface area (Å²) in [5, 5.41) is 20.3. The van der Waals surface area contributed by atoms with Crippen LogP contribution in [0.3, 0.4) is 0 Å². The lowest BCUT2D eigenvalue weighted by Gasteiger charge is -2.20. The third-order valence-corrected chi connectivity index (χ3v) is 2.86. The van der Waals surface area contributed by atoms with E-state index in [1.807, 2.05) is 6.07 Å². The minimum atomic E-state index is -1.16. The minimum absolute atomic E-state index is 0.0564. The zero-order chi connectivity index (χ0) is 15.8. The van der Waals surface area contributed by atoms with Crippen molar-refractivity contribution in [1.29, 1.82) is 5.26 Å². The summed E-state index contributed by atoms with van der Waals surface area (Å²) in [4.78, 5) is 24.7. The predicted molar refractivity (Wildman–Crippen MR) is 76.4 cm³/mol. The number of nitriles is 1. The second kappa shape index (κ2) is 7.75. The highest BCUT2D eigenvalue weighted by molar-refractivity contribution is 6.00. The molecule has 7 nitrogen and oxygen atoms in total. The highest BCUT2D eigenvalue weighted by Crippen LogP contribution is 2.22. The fourth-order valence-corrected chi connectivity index (χ4v) is 1.72. The summed E-state index contributed by atoms with van der Waals surface area (Å²) >= 11 is 0. The number of amides is 2. The highest BCUT2D eigenvalue weighted by atomic mass is 16.5. The molecule has 0 heterocycles. The van der Waals surface area contributed by atoms with E-state index < -0.39 is 12.0 Å². The molecule has 1 aromatic carbocycles. The number of urea groups is 1. The summed E-state index contributed by atoms with van der Waals surface area (Å²) in [6, 6.07) is 5.89. The molecule has 112 valence electrons. The van der Waals surface area contributed by atoms with Gasteiger partial charge in [0.1, 0.15) is 5.75 Å². The Morgan fingerprint density at radius 3 is 2.71 bits per heavy atom. The lowest BCUT2D eigenvalue weighted by atomic mass is 10.1. The Morgan fingerprint density at radius 1 is 1.48 bits per heavy atom. The van der Waals surface area contributed by atoms with E-state index in [1.54, 1.807) is 13.0 Å². The van der Waals surface area contributed by atoms with Crippen molar-refractivity contribution in [3.8, 4) is 11.8 Å². The number of carbonyl (C=O) groups is 2. The Bertz CT molecular complexity index is 566. The number of ether oxygens (including phenoxy) is 1. The topological polar surface area (TPSA) is 103 Å². The van der Waals surface area contributed by atoms with Crippen LogP contribution < -0.4 is 10.1 Å². The minimum Gasteiger partial charge on any atom is -0.497 e. The van der Waals surface area contributed by atoms with Gasteiger partial charge < -0.3 is 20.1 Å². The van der Waals surface area contributed by atoms with Crippen LogP contribution in [0.5, 0.6) is 5.75 Å². The van der Waals surface area contributed by atoms with Gasteiger partial charge in [0.15, 0.2) is 0 Å². The van der Waals surface area contributed by atoms with Crippen molar-refractivity contribution in [3.63, 3.8) is 0 Å². The summed E-state index contributed by atoms with van der Waals surface area (Å²) in [6.07, 6.45) is 0.218. The van der Waals surface area contributed by atoms with Gasteiger partial charge in [-0.05, 0) is 25.1 Å². The van der Waals surface area contributed by atoms with Crippen molar-refractivity contribution in [1.82, 2.24) is 4.90 Å². The monoisotopic (exact) mass is 291 g/mol. The Kier molecular flexibility index (Phi) is 6.01. The smallest absolute Gasteiger partial charge is 0.337 e. The number of nitrogens with zero attached hydrogens (tertiary/aromatic N) is 2. The first-order valence-electron chi connectivity index (χ1n) is 6.37. The van der Waals surface area contributed by atoms with E-state index in [-0.39, 0.29) is 24.2 Å². The van der Waals surface area contributed by atoms with Crippen molar-refractivity contribution >= 4 is 17.7 Å². The predicted octanol–water partition coefficient (Wildman–Crippen LogP) is 2.16. The molecule has 0 unspecified atom stereocenters. The molecule has 2 N–H and O–H groups in total. The van der Waals surface area contributed by atoms with E-state index in [4.69, 9.17) is 10.00 Å². The third-order valence-electron chi connectivity index (χ3n) is 2.86. The molecule has 0 saturated heterocycles. The van der Waals surface area contributed by atoms with Gasteiger partial charge in [-0.3, -0.25) is 0 Å². The van der Waals surface area contributed by atoms with Crippen molar-refractivity contribution in [2.45, 2.75) is 13.3 Å². The van der Waals surface area contributed by atoms with Crippen molar-refractivity contribution < 1.29 is 19.4 Å². The van der Waals surface area contributed by atoms with Crippen LogP contribution in [0.2, 0.25) is 0 Å². The third kappa shape index (κ3) is 4.38. The highest BCUT2D eigenvalue weighted by Gasteiger charge is 2.16.